The summed E-state index contributed by atoms with van der Waals surface area (Å²) < 4.78 is 5.99. The number of hydrogen-bond acceptors (Lipinski definition) is 4. The van der Waals surface area contributed by atoms with Crippen LogP contribution >= 0.6 is 0 Å². The summed E-state index contributed by atoms with van der Waals surface area (Å²) in [4.78, 5) is 34.7. The second kappa shape index (κ2) is 4.60. The lowest BCUT2D eigenvalue weighted by Crippen LogP contribution is -2.21. The molecule has 0 amide bonds. The average Bonchev–Trinajstić information content (AvgIpc) is 2.71. The van der Waals surface area contributed by atoms with E-state index in [0.717, 1.165) is 4.57 Å². The standard InChI is InChI=1S/C13H13NO4/c1-3-10(15)8-5-6-9-11(7-8)18-13(17)14(9)12(16)4-2/h5-7H,3-4H2,1-2H3. The van der Waals surface area contributed by atoms with Crippen LogP contribution in [0, 0.1) is 0 Å². The Morgan fingerprint density at radius 1 is 1.22 bits per heavy atom. The van der Waals surface area contributed by atoms with E-state index in [0.29, 0.717) is 17.5 Å². The Hall–Kier alpha value is -2.17. The van der Waals surface area contributed by atoms with Gasteiger partial charge in [0.05, 0.1) is 5.52 Å². The van der Waals surface area contributed by atoms with Crippen molar-refractivity contribution in [1.82, 2.24) is 4.57 Å². The Morgan fingerprint density at radius 3 is 2.56 bits per heavy atom. The van der Waals surface area contributed by atoms with E-state index in [4.69, 9.17) is 4.42 Å². The molecule has 0 bridgehead atoms. The van der Waals surface area contributed by atoms with E-state index in [1.807, 2.05) is 0 Å². The number of nitrogens with zero attached hydrogens (tertiary/aromatic N) is 1. The Labute approximate surface area is 103 Å². The fraction of sp³-hybridized carbons (Fsp3) is 0.308. The molecule has 5 nitrogen and oxygen atoms in total. The third-order valence-corrected chi connectivity index (χ3v) is 2.78. The third-order valence-electron chi connectivity index (χ3n) is 2.78. The van der Waals surface area contributed by atoms with Gasteiger partial charge in [0, 0.05) is 18.4 Å². The topological polar surface area (TPSA) is 69.3 Å². The van der Waals surface area contributed by atoms with Crippen molar-refractivity contribution in [2.24, 2.45) is 0 Å². The van der Waals surface area contributed by atoms with Crippen molar-refractivity contribution in [2.75, 3.05) is 0 Å². The first kappa shape index (κ1) is 12.3. The summed E-state index contributed by atoms with van der Waals surface area (Å²) >= 11 is 0. The van der Waals surface area contributed by atoms with Crippen LogP contribution in [0.15, 0.2) is 27.4 Å². The van der Waals surface area contributed by atoms with E-state index >= 15 is 0 Å². The molecule has 0 aliphatic rings. The van der Waals surface area contributed by atoms with Gasteiger partial charge in [-0.3, -0.25) is 9.59 Å². The van der Waals surface area contributed by atoms with Crippen molar-refractivity contribution in [2.45, 2.75) is 26.7 Å². The van der Waals surface area contributed by atoms with Gasteiger partial charge in [-0.2, -0.15) is 0 Å². The number of carbonyl (C=O) groups is 2. The molecule has 0 N–H and O–H groups in total. The van der Waals surface area contributed by atoms with Crippen LogP contribution in [0.1, 0.15) is 41.8 Å². The monoisotopic (exact) mass is 247 g/mol. The highest BCUT2D eigenvalue weighted by molar-refractivity contribution is 5.99. The van der Waals surface area contributed by atoms with Crippen molar-refractivity contribution in [3.05, 3.63) is 34.3 Å². The number of aromatic nitrogens is 1. The molecule has 0 fully saturated rings. The highest BCUT2D eigenvalue weighted by atomic mass is 16.4. The summed E-state index contributed by atoms with van der Waals surface area (Å²) in [5.74, 6) is -1.07. The molecule has 0 aliphatic heterocycles. The van der Waals surface area contributed by atoms with Crippen LogP contribution in [-0.2, 0) is 0 Å². The van der Waals surface area contributed by atoms with Crippen molar-refractivity contribution in [3.8, 4) is 0 Å². The lowest BCUT2D eigenvalue weighted by atomic mass is 10.1. The number of carbonyl (C=O) groups excluding carboxylic acids is 2. The van der Waals surface area contributed by atoms with Crippen molar-refractivity contribution in [1.29, 1.82) is 0 Å². The second-order valence-electron chi connectivity index (χ2n) is 3.91. The molecule has 1 heterocycles. The van der Waals surface area contributed by atoms with Crippen LogP contribution in [0.25, 0.3) is 11.1 Å². The second-order valence-corrected chi connectivity index (χ2v) is 3.91. The molecule has 18 heavy (non-hydrogen) atoms. The van der Waals surface area contributed by atoms with Crippen LogP contribution in [0.2, 0.25) is 0 Å². The summed E-state index contributed by atoms with van der Waals surface area (Å²) in [7, 11) is 0. The molecule has 0 unspecified atom stereocenters. The first-order valence-corrected chi connectivity index (χ1v) is 5.80. The highest BCUT2D eigenvalue weighted by Gasteiger charge is 2.15. The minimum Gasteiger partial charge on any atom is -0.407 e. The minimum atomic E-state index is -0.710. The predicted molar refractivity (Wildman–Crippen MR) is 66.0 cm³/mol. The van der Waals surface area contributed by atoms with E-state index in [-0.39, 0.29) is 23.7 Å². The molecular weight excluding hydrogens is 234 g/mol. The van der Waals surface area contributed by atoms with Crippen molar-refractivity contribution in [3.63, 3.8) is 0 Å². The van der Waals surface area contributed by atoms with E-state index < -0.39 is 5.76 Å². The van der Waals surface area contributed by atoms with Gasteiger partial charge in [-0.05, 0) is 18.2 Å². The molecular formula is C13H13NO4. The predicted octanol–water partition coefficient (Wildman–Crippen LogP) is 2.24. The molecule has 0 saturated heterocycles. The highest BCUT2D eigenvalue weighted by Crippen LogP contribution is 2.16. The molecule has 0 aliphatic carbocycles. The summed E-state index contributed by atoms with van der Waals surface area (Å²) in [6.07, 6.45) is 0.592. The first-order chi connectivity index (χ1) is 8.58. The normalized spacial score (nSPS) is 10.8. The van der Waals surface area contributed by atoms with Crippen LogP contribution in [0.5, 0.6) is 0 Å². The zero-order valence-corrected chi connectivity index (χ0v) is 10.2. The quantitative estimate of drug-likeness (QED) is 0.780. The number of hydrogen-bond donors (Lipinski definition) is 0. The number of rotatable bonds is 3. The summed E-state index contributed by atoms with van der Waals surface area (Å²) in [5.41, 5.74) is 1.15. The molecule has 0 spiro atoms. The zero-order chi connectivity index (χ0) is 13.3. The molecule has 2 rings (SSSR count). The van der Waals surface area contributed by atoms with Crippen molar-refractivity contribution >= 4 is 22.8 Å². The Bertz CT molecular complexity index is 678. The van der Waals surface area contributed by atoms with Crippen LogP contribution < -0.4 is 5.76 Å². The molecule has 0 radical (unpaired) electrons. The lowest BCUT2D eigenvalue weighted by molar-refractivity contribution is 0.0904. The van der Waals surface area contributed by atoms with E-state index in [1.165, 1.54) is 6.07 Å². The molecule has 5 heteroatoms. The van der Waals surface area contributed by atoms with Gasteiger partial charge in [0.15, 0.2) is 11.4 Å². The third kappa shape index (κ3) is 1.88. The summed E-state index contributed by atoms with van der Waals surface area (Å²) in [6, 6.07) is 4.67. The first-order valence-electron chi connectivity index (χ1n) is 5.80. The van der Waals surface area contributed by atoms with E-state index in [2.05, 4.69) is 0 Å². The fourth-order valence-corrected chi connectivity index (χ4v) is 1.79. The maximum absolute atomic E-state index is 11.6. The van der Waals surface area contributed by atoms with E-state index in [1.54, 1.807) is 26.0 Å². The molecule has 1 aromatic carbocycles. The number of oxazole rings is 1. The van der Waals surface area contributed by atoms with Gasteiger partial charge in [-0.15, -0.1) is 0 Å². The maximum Gasteiger partial charge on any atom is 0.426 e. The summed E-state index contributed by atoms with van der Waals surface area (Å²) in [6.45, 7) is 3.43. The number of fused-ring (bicyclic) bond motifs is 1. The van der Waals surface area contributed by atoms with Gasteiger partial charge >= 0.3 is 5.76 Å². The Kier molecular flexibility index (Phi) is 3.14. The van der Waals surface area contributed by atoms with E-state index in [9.17, 15) is 14.4 Å². The molecule has 0 saturated carbocycles. The lowest BCUT2D eigenvalue weighted by Gasteiger charge is -1.99. The smallest absolute Gasteiger partial charge is 0.407 e. The largest absolute Gasteiger partial charge is 0.426 e. The van der Waals surface area contributed by atoms with Crippen LogP contribution in [0.3, 0.4) is 0 Å². The SMILES string of the molecule is CCC(=O)c1ccc2c(c1)oc(=O)n2C(=O)CC. The Balaban J connectivity index is 2.65. The van der Waals surface area contributed by atoms with Gasteiger partial charge in [-0.25, -0.2) is 9.36 Å². The van der Waals surface area contributed by atoms with Gasteiger partial charge in [0.1, 0.15) is 0 Å². The maximum atomic E-state index is 11.6. The fourth-order valence-electron chi connectivity index (χ4n) is 1.79. The zero-order valence-electron chi connectivity index (χ0n) is 10.2. The van der Waals surface area contributed by atoms with Gasteiger partial charge in [0.25, 0.3) is 0 Å². The van der Waals surface area contributed by atoms with Crippen LogP contribution in [-0.4, -0.2) is 16.3 Å². The molecule has 1 aromatic heterocycles. The van der Waals surface area contributed by atoms with Gasteiger partial charge in [0.2, 0.25) is 5.91 Å². The van der Waals surface area contributed by atoms with Crippen LogP contribution in [0.4, 0.5) is 0 Å². The number of Topliss-reactive ketones (excluding diaryl/α,β-unsaturated/α-hetero) is 1. The summed E-state index contributed by atoms with van der Waals surface area (Å²) in [5, 5.41) is 0. The van der Waals surface area contributed by atoms with Crippen molar-refractivity contribution < 1.29 is 14.0 Å². The minimum absolute atomic E-state index is 0.0332. The number of ketones is 1. The number of benzene rings is 1. The average molecular weight is 247 g/mol. The Morgan fingerprint density at radius 2 is 1.94 bits per heavy atom. The molecule has 0 atom stereocenters. The molecule has 94 valence electrons. The van der Waals surface area contributed by atoms with Gasteiger partial charge in [-0.1, -0.05) is 13.8 Å². The molecule has 2 aromatic rings. The van der Waals surface area contributed by atoms with Gasteiger partial charge < -0.3 is 4.42 Å².